The van der Waals surface area contributed by atoms with Gasteiger partial charge in [0.15, 0.2) is 0 Å². The molecule has 0 amide bonds. The molecule has 18 heavy (non-hydrogen) atoms. The molecule has 0 heterocycles. The van der Waals surface area contributed by atoms with E-state index in [0.717, 1.165) is 37.2 Å². The molecule has 0 unspecified atom stereocenters. The maximum Gasteiger partial charge on any atom is 0.306 e. The molecule has 3 nitrogen and oxygen atoms in total. The summed E-state index contributed by atoms with van der Waals surface area (Å²) in [4.78, 5) is 11.3. The SMILES string of the molecule is COC(=O)CC1(CSCCCC(C)(C)C#N)CC1. The lowest BCUT2D eigenvalue weighted by Crippen LogP contribution is -2.13. The first kappa shape index (κ1) is 15.4. The second kappa shape index (κ2) is 6.47. The summed E-state index contributed by atoms with van der Waals surface area (Å²) < 4.78 is 4.73. The maximum atomic E-state index is 11.3. The van der Waals surface area contributed by atoms with Crippen LogP contribution in [0.5, 0.6) is 0 Å². The molecule has 0 N–H and O–H groups in total. The largest absolute Gasteiger partial charge is 0.469 e. The topological polar surface area (TPSA) is 50.1 Å². The van der Waals surface area contributed by atoms with E-state index in [-0.39, 0.29) is 16.8 Å². The van der Waals surface area contributed by atoms with E-state index in [1.54, 1.807) is 0 Å². The van der Waals surface area contributed by atoms with Gasteiger partial charge < -0.3 is 4.74 Å². The zero-order valence-electron chi connectivity index (χ0n) is 11.6. The van der Waals surface area contributed by atoms with Crippen molar-refractivity contribution in [1.29, 1.82) is 5.26 Å². The third-order valence-electron chi connectivity index (χ3n) is 3.51. The standard InChI is InChI=1S/C14H23NO2S/c1-13(2,10-15)5-4-8-18-11-14(6-7-14)9-12(16)17-3/h4-9,11H2,1-3H3. The number of hydrogen-bond acceptors (Lipinski definition) is 4. The molecule has 1 saturated carbocycles. The number of esters is 1. The van der Waals surface area contributed by atoms with Crippen molar-refractivity contribution in [2.45, 2.75) is 46.0 Å². The van der Waals surface area contributed by atoms with E-state index < -0.39 is 0 Å². The Morgan fingerprint density at radius 1 is 1.50 bits per heavy atom. The first-order valence-electron chi connectivity index (χ1n) is 6.49. The summed E-state index contributed by atoms with van der Waals surface area (Å²) in [6, 6.07) is 2.32. The van der Waals surface area contributed by atoms with Crippen LogP contribution in [0.4, 0.5) is 0 Å². The molecular formula is C14H23NO2S. The van der Waals surface area contributed by atoms with Gasteiger partial charge in [0.2, 0.25) is 0 Å². The van der Waals surface area contributed by atoms with Gasteiger partial charge in [0.05, 0.1) is 25.0 Å². The number of thioether (sulfide) groups is 1. The molecule has 0 radical (unpaired) electrons. The Hall–Kier alpha value is -0.690. The number of carbonyl (C=O) groups excluding carboxylic acids is 1. The van der Waals surface area contributed by atoms with Crippen LogP contribution in [0.2, 0.25) is 0 Å². The molecule has 0 aromatic carbocycles. The van der Waals surface area contributed by atoms with E-state index in [1.165, 1.54) is 7.11 Å². The van der Waals surface area contributed by atoms with Gasteiger partial charge in [0.1, 0.15) is 0 Å². The van der Waals surface area contributed by atoms with Gasteiger partial charge in [0.25, 0.3) is 0 Å². The molecular weight excluding hydrogens is 246 g/mol. The first-order chi connectivity index (χ1) is 8.43. The Morgan fingerprint density at radius 3 is 2.67 bits per heavy atom. The summed E-state index contributed by atoms with van der Waals surface area (Å²) in [6.45, 7) is 3.97. The highest BCUT2D eigenvalue weighted by atomic mass is 32.2. The van der Waals surface area contributed by atoms with Crippen LogP contribution in [0, 0.1) is 22.2 Å². The predicted octanol–water partition coefficient (Wildman–Crippen LogP) is 3.39. The van der Waals surface area contributed by atoms with Crippen molar-refractivity contribution < 1.29 is 9.53 Å². The summed E-state index contributed by atoms with van der Waals surface area (Å²) in [7, 11) is 1.45. The van der Waals surface area contributed by atoms with Crippen molar-refractivity contribution in [2.75, 3.05) is 18.6 Å². The molecule has 0 saturated heterocycles. The van der Waals surface area contributed by atoms with Crippen LogP contribution in [0.25, 0.3) is 0 Å². The average molecular weight is 269 g/mol. The van der Waals surface area contributed by atoms with E-state index in [4.69, 9.17) is 10.00 Å². The monoisotopic (exact) mass is 269 g/mol. The molecule has 1 aliphatic rings. The smallest absolute Gasteiger partial charge is 0.306 e. The van der Waals surface area contributed by atoms with Crippen LogP contribution in [0.1, 0.15) is 46.0 Å². The van der Waals surface area contributed by atoms with E-state index in [0.29, 0.717) is 6.42 Å². The predicted molar refractivity (Wildman–Crippen MR) is 74.3 cm³/mol. The highest BCUT2D eigenvalue weighted by molar-refractivity contribution is 7.99. The number of hydrogen-bond donors (Lipinski definition) is 0. The number of methoxy groups -OCH3 is 1. The van der Waals surface area contributed by atoms with E-state index in [9.17, 15) is 4.79 Å². The van der Waals surface area contributed by atoms with Crippen molar-refractivity contribution >= 4 is 17.7 Å². The van der Waals surface area contributed by atoms with E-state index in [2.05, 4.69) is 6.07 Å². The van der Waals surface area contributed by atoms with E-state index >= 15 is 0 Å². The number of carbonyl (C=O) groups is 1. The number of rotatable bonds is 8. The fourth-order valence-corrected chi connectivity index (χ4v) is 3.20. The molecule has 1 rings (SSSR count). The molecule has 102 valence electrons. The molecule has 0 aromatic heterocycles. The van der Waals surface area contributed by atoms with Crippen LogP contribution >= 0.6 is 11.8 Å². The molecule has 0 bridgehead atoms. The summed E-state index contributed by atoms with van der Waals surface area (Å²) in [5, 5.41) is 8.91. The number of nitriles is 1. The molecule has 0 spiro atoms. The van der Waals surface area contributed by atoms with Gasteiger partial charge in [-0.25, -0.2) is 0 Å². The van der Waals surface area contributed by atoms with Crippen LogP contribution < -0.4 is 0 Å². The quantitative estimate of drug-likeness (QED) is 0.500. The van der Waals surface area contributed by atoms with Crippen molar-refractivity contribution in [3.05, 3.63) is 0 Å². The maximum absolute atomic E-state index is 11.3. The molecule has 0 atom stereocenters. The number of ether oxygens (including phenoxy) is 1. The molecule has 0 aliphatic heterocycles. The Bertz CT molecular complexity index is 329. The second-order valence-electron chi connectivity index (χ2n) is 5.90. The van der Waals surface area contributed by atoms with Crippen molar-refractivity contribution in [3.63, 3.8) is 0 Å². The average Bonchev–Trinajstić information content (AvgIpc) is 3.08. The summed E-state index contributed by atoms with van der Waals surface area (Å²) >= 11 is 1.91. The van der Waals surface area contributed by atoms with E-state index in [1.807, 2.05) is 25.6 Å². The van der Waals surface area contributed by atoms with Crippen LogP contribution in [0.15, 0.2) is 0 Å². The third kappa shape index (κ3) is 5.30. The van der Waals surface area contributed by atoms with Crippen molar-refractivity contribution in [2.24, 2.45) is 10.8 Å². The minimum Gasteiger partial charge on any atom is -0.469 e. The van der Waals surface area contributed by atoms with Crippen LogP contribution in [-0.4, -0.2) is 24.6 Å². The van der Waals surface area contributed by atoms with Crippen LogP contribution in [0.3, 0.4) is 0 Å². The highest BCUT2D eigenvalue weighted by Crippen LogP contribution is 2.51. The van der Waals surface area contributed by atoms with Gasteiger partial charge in [-0.05, 0) is 56.5 Å². The van der Waals surface area contributed by atoms with Gasteiger partial charge >= 0.3 is 5.97 Å². The normalized spacial score (nSPS) is 17.0. The fraction of sp³-hybridized carbons (Fsp3) is 0.857. The third-order valence-corrected chi connectivity index (χ3v) is 4.90. The molecule has 1 fully saturated rings. The van der Waals surface area contributed by atoms with Gasteiger partial charge in [0, 0.05) is 0 Å². The molecule has 1 aliphatic carbocycles. The summed E-state index contributed by atoms with van der Waals surface area (Å²) in [5.74, 6) is 2.04. The summed E-state index contributed by atoms with van der Waals surface area (Å²) in [5.41, 5.74) is 0.0202. The Morgan fingerprint density at radius 2 is 2.17 bits per heavy atom. The highest BCUT2D eigenvalue weighted by Gasteiger charge is 2.44. The molecule has 4 heteroatoms. The zero-order chi connectivity index (χ0) is 13.6. The minimum atomic E-state index is -0.205. The Balaban J connectivity index is 2.12. The lowest BCUT2D eigenvalue weighted by Gasteiger charge is -2.16. The van der Waals surface area contributed by atoms with Gasteiger partial charge in [-0.1, -0.05) is 0 Å². The fourth-order valence-electron chi connectivity index (χ4n) is 1.89. The lowest BCUT2D eigenvalue weighted by molar-refractivity contribution is -0.141. The van der Waals surface area contributed by atoms with Crippen LogP contribution in [-0.2, 0) is 9.53 Å². The lowest BCUT2D eigenvalue weighted by atomic mass is 9.90. The zero-order valence-corrected chi connectivity index (χ0v) is 12.4. The second-order valence-corrected chi connectivity index (χ2v) is 7.01. The Labute approximate surface area is 114 Å². The van der Waals surface area contributed by atoms with Gasteiger partial charge in [-0.2, -0.15) is 17.0 Å². The Kier molecular flexibility index (Phi) is 5.52. The van der Waals surface area contributed by atoms with Gasteiger partial charge in [-0.15, -0.1) is 0 Å². The minimum absolute atomic E-state index is 0.0845. The van der Waals surface area contributed by atoms with Gasteiger partial charge in [-0.3, -0.25) is 4.79 Å². The summed E-state index contributed by atoms with van der Waals surface area (Å²) in [6.07, 6.45) is 4.89. The number of nitrogens with zero attached hydrogens (tertiary/aromatic N) is 1. The van der Waals surface area contributed by atoms with Crippen molar-refractivity contribution in [3.8, 4) is 6.07 Å². The van der Waals surface area contributed by atoms with Crippen molar-refractivity contribution in [1.82, 2.24) is 0 Å². The molecule has 0 aromatic rings. The first-order valence-corrected chi connectivity index (χ1v) is 7.64.